The lowest BCUT2D eigenvalue weighted by Crippen LogP contribution is -2.52. The van der Waals surface area contributed by atoms with Crippen molar-refractivity contribution in [3.8, 4) is 0 Å². The summed E-state index contributed by atoms with van der Waals surface area (Å²) < 4.78 is 0. The van der Waals surface area contributed by atoms with Crippen LogP contribution in [0.4, 0.5) is 0 Å². The molecule has 0 aromatic carbocycles. The highest BCUT2D eigenvalue weighted by molar-refractivity contribution is 4.88. The first-order chi connectivity index (χ1) is 7.95. The molecule has 1 aliphatic carbocycles. The van der Waals surface area contributed by atoms with Crippen LogP contribution < -0.4 is 0 Å². The van der Waals surface area contributed by atoms with Gasteiger partial charge in [-0.1, -0.05) is 13.8 Å². The van der Waals surface area contributed by atoms with Gasteiger partial charge in [0.15, 0.2) is 0 Å². The molecule has 0 aromatic heterocycles. The molecule has 1 fully saturated rings. The summed E-state index contributed by atoms with van der Waals surface area (Å²) in [6.45, 7) is 8.88. The third kappa shape index (κ3) is 4.23. The molecule has 1 saturated carbocycles. The van der Waals surface area contributed by atoms with Crippen molar-refractivity contribution >= 4 is 0 Å². The minimum Gasteiger partial charge on any atom is -0.391 e. The first-order valence-electron chi connectivity index (χ1n) is 7.04. The van der Waals surface area contributed by atoms with Crippen molar-refractivity contribution in [2.45, 2.75) is 58.2 Å². The third-order valence-electron chi connectivity index (χ3n) is 4.03. The van der Waals surface area contributed by atoms with Gasteiger partial charge in [0, 0.05) is 18.6 Å². The van der Waals surface area contributed by atoms with Gasteiger partial charge in [0.25, 0.3) is 0 Å². The fourth-order valence-corrected chi connectivity index (χ4v) is 3.20. The van der Waals surface area contributed by atoms with E-state index in [0.717, 1.165) is 31.8 Å². The SMILES string of the molecule is CCN(C(C)CN(C)C)C1CC(C)CCC1O. The number of hydrogen-bond acceptors (Lipinski definition) is 3. The largest absolute Gasteiger partial charge is 0.391 e. The van der Waals surface area contributed by atoms with Crippen LogP contribution >= 0.6 is 0 Å². The average molecular weight is 242 g/mol. The Morgan fingerprint density at radius 3 is 2.47 bits per heavy atom. The standard InChI is InChI=1S/C14H30N2O/c1-6-16(12(3)10-15(4)5)13-9-11(2)7-8-14(13)17/h11-14,17H,6-10H2,1-5H3. The van der Waals surface area contributed by atoms with Crippen LogP contribution in [0, 0.1) is 5.92 Å². The van der Waals surface area contributed by atoms with Gasteiger partial charge in [-0.05, 0) is 52.7 Å². The zero-order valence-corrected chi connectivity index (χ0v) is 12.2. The number of aliphatic hydroxyl groups excluding tert-OH is 1. The number of nitrogens with zero attached hydrogens (tertiary/aromatic N) is 2. The van der Waals surface area contributed by atoms with Crippen LogP contribution in [0.5, 0.6) is 0 Å². The fourth-order valence-electron chi connectivity index (χ4n) is 3.20. The van der Waals surface area contributed by atoms with Crippen molar-refractivity contribution in [2.24, 2.45) is 5.92 Å². The van der Waals surface area contributed by atoms with Gasteiger partial charge in [0.2, 0.25) is 0 Å². The van der Waals surface area contributed by atoms with Crippen molar-refractivity contribution in [2.75, 3.05) is 27.2 Å². The van der Waals surface area contributed by atoms with E-state index >= 15 is 0 Å². The summed E-state index contributed by atoms with van der Waals surface area (Å²) in [5.41, 5.74) is 0. The second kappa shape index (κ2) is 6.72. The molecule has 0 radical (unpaired) electrons. The molecule has 0 amide bonds. The predicted octanol–water partition coefficient (Wildman–Crippen LogP) is 1.81. The zero-order chi connectivity index (χ0) is 13.0. The molecule has 0 aromatic rings. The van der Waals surface area contributed by atoms with Gasteiger partial charge in [-0.15, -0.1) is 0 Å². The third-order valence-corrected chi connectivity index (χ3v) is 4.03. The molecule has 1 aliphatic rings. The topological polar surface area (TPSA) is 26.7 Å². The summed E-state index contributed by atoms with van der Waals surface area (Å²) in [6.07, 6.45) is 3.16. The predicted molar refractivity (Wildman–Crippen MR) is 73.2 cm³/mol. The van der Waals surface area contributed by atoms with Gasteiger partial charge in [-0.3, -0.25) is 4.90 Å². The van der Waals surface area contributed by atoms with Crippen LogP contribution in [0.1, 0.15) is 40.0 Å². The number of likely N-dealkylation sites (N-methyl/N-ethyl adjacent to an activating group) is 2. The molecular weight excluding hydrogens is 212 g/mol. The maximum absolute atomic E-state index is 10.2. The molecule has 0 saturated heterocycles. The molecule has 1 rings (SSSR count). The molecule has 17 heavy (non-hydrogen) atoms. The maximum atomic E-state index is 10.2. The van der Waals surface area contributed by atoms with E-state index < -0.39 is 0 Å². The lowest BCUT2D eigenvalue weighted by Gasteiger charge is -2.43. The lowest BCUT2D eigenvalue weighted by atomic mass is 9.83. The molecule has 3 heteroatoms. The minimum atomic E-state index is -0.129. The van der Waals surface area contributed by atoms with Gasteiger partial charge >= 0.3 is 0 Å². The van der Waals surface area contributed by atoms with Crippen LogP contribution in [-0.2, 0) is 0 Å². The Morgan fingerprint density at radius 1 is 1.29 bits per heavy atom. The highest BCUT2D eigenvalue weighted by Crippen LogP contribution is 2.28. The molecule has 0 aliphatic heterocycles. The van der Waals surface area contributed by atoms with Gasteiger partial charge in [0.1, 0.15) is 0 Å². The van der Waals surface area contributed by atoms with Crippen LogP contribution in [0.15, 0.2) is 0 Å². The highest BCUT2D eigenvalue weighted by atomic mass is 16.3. The van der Waals surface area contributed by atoms with E-state index in [1.165, 1.54) is 6.42 Å². The highest BCUT2D eigenvalue weighted by Gasteiger charge is 2.33. The maximum Gasteiger partial charge on any atom is 0.0695 e. The first-order valence-corrected chi connectivity index (χ1v) is 7.04. The molecule has 0 heterocycles. The number of rotatable bonds is 5. The van der Waals surface area contributed by atoms with Gasteiger partial charge in [-0.2, -0.15) is 0 Å². The van der Waals surface area contributed by atoms with E-state index in [2.05, 4.69) is 44.7 Å². The Morgan fingerprint density at radius 2 is 1.94 bits per heavy atom. The summed E-state index contributed by atoms with van der Waals surface area (Å²) in [4.78, 5) is 4.71. The summed E-state index contributed by atoms with van der Waals surface area (Å²) >= 11 is 0. The molecule has 3 nitrogen and oxygen atoms in total. The van der Waals surface area contributed by atoms with Crippen LogP contribution in [0.3, 0.4) is 0 Å². The minimum absolute atomic E-state index is 0.129. The average Bonchev–Trinajstić information content (AvgIpc) is 2.23. The molecule has 1 N–H and O–H groups in total. The van der Waals surface area contributed by atoms with Crippen molar-refractivity contribution in [1.82, 2.24) is 9.80 Å². The Bertz CT molecular complexity index is 220. The second-order valence-electron chi connectivity index (χ2n) is 5.99. The summed E-state index contributed by atoms with van der Waals surface area (Å²) in [5, 5.41) is 10.2. The molecule has 4 unspecified atom stereocenters. The smallest absolute Gasteiger partial charge is 0.0695 e. The van der Waals surface area contributed by atoms with E-state index in [1.54, 1.807) is 0 Å². The molecular formula is C14H30N2O. The quantitative estimate of drug-likeness (QED) is 0.796. The van der Waals surface area contributed by atoms with Crippen LogP contribution in [0.25, 0.3) is 0 Å². The number of aliphatic hydroxyl groups is 1. The van der Waals surface area contributed by atoms with Crippen molar-refractivity contribution < 1.29 is 5.11 Å². The Kier molecular flexibility index (Phi) is 5.90. The summed E-state index contributed by atoms with van der Waals surface area (Å²) in [6, 6.07) is 0.874. The molecule has 4 atom stereocenters. The Labute approximate surface area is 107 Å². The summed E-state index contributed by atoms with van der Waals surface area (Å²) in [5.74, 6) is 0.754. The van der Waals surface area contributed by atoms with E-state index in [1.807, 2.05) is 0 Å². The molecule has 0 bridgehead atoms. The second-order valence-corrected chi connectivity index (χ2v) is 5.99. The van der Waals surface area contributed by atoms with Crippen molar-refractivity contribution in [3.63, 3.8) is 0 Å². The molecule has 0 spiro atoms. The van der Waals surface area contributed by atoms with Crippen LogP contribution in [-0.4, -0.2) is 60.3 Å². The van der Waals surface area contributed by atoms with E-state index in [4.69, 9.17) is 0 Å². The summed E-state index contributed by atoms with van der Waals surface area (Å²) in [7, 11) is 4.23. The van der Waals surface area contributed by atoms with E-state index in [0.29, 0.717) is 12.1 Å². The fraction of sp³-hybridized carbons (Fsp3) is 1.00. The molecule has 102 valence electrons. The normalized spacial score (nSPS) is 32.1. The van der Waals surface area contributed by atoms with Gasteiger partial charge in [-0.25, -0.2) is 0 Å². The first kappa shape index (κ1) is 14.9. The van der Waals surface area contributed by atoms with E-state index in [-0.39, 0.29) is 6.10 Å². The van der Waals surface area contributed by atoms with Crippen LogP contribution in [0.2, 0.25) is 0 Å². The van der Waals surface area contributed by atoms with Crippen molar-refractivity contribution in [3.05, 3.63) is 0 Å². The van der Waals surface area contributed by atoms with E-state index in [9.17, 15) is 5.11 Å². The Hall–Kier alpha value is -0.120. The van der Waals surface area contributed by atoms with Gasteiger partial charge < -0.3 is 10.0 Å². The van der Waals surface area contributed by atoms with Crippen molar-refractivity contribution in [1.29, 1.82) is 0 Å². The van der Waals surface area contributed by atoms with Gasteiger partial charge in [0.05, 0.1) is 6.10 Å². The zero-order valence-electron chi connectivity index (χ0n) is 12.2. The lowest BCUT2D eigenvalue weighted by molar-refractivity contribution is -0.0126. The number of hydrogen-bond donors (Lipinski definition) is 1. The monoisotopic (exact) mass is 242 g/mol. The Balaban J connectivity index is 2.64.